The molecule has 1 aromatic heterocycles. The summed E-state index contributed by atoms with van der Waals surface area (Å²) in [5, 5.41) is 17.3. The van der Waals surface area contributed by atoms with Crippen LogP contribution in [0, 0.1) is 5.41 Å². The van der Waals surface area contributed by atoms with Gasteiger partial charge in [-0.3, -0.25) is 15.0 Å². The molecule has 0 aliphatic heterocycles. The number of carbonyl (C=O) groups excluding carboxylic acids is 1. The van der Waals surface area contributed by atoms with Gasteiger partial charge in [0.25, 0.3) is 0 Å². The second-order valence-electron chi connectivity index (χ2n) is 3.99. The summed E-state index contributed by atoms with van der Waals surface area (Å²) in [6.07, 6.45) is 9.70. The van der Waals surface area contributed by atoms with Crippen LogP contribution in [0.4, 0.5) is 0 Å². The van der Waals surface area contributed by atoms with Crippen molar-refractivity contribution >= 4 is 5.78 Å². The lowest BCUT2D eigenvalue weighted by atomic mass is 9.76. The average Bonchev–Trinajstić information content (AvgIpc) is 2.87. The Labute approximate surface area is 101 Å². The molecular formula is C13H17N2O2. The number of ketones is 1. The van der Waals surface area contributed by atoms with E-state index in [0.29, 0.717) is 12.8 Å². The summed E-state index contributed by atoms with van der Waals surface area (Å²) in [6, 6.07) is 1.83. The van der Waals surface area contributed by atoms with Gasteiger partial charge in [0.2, 0.25) is 0 Å². The number of rotatable bonds is 2. The van der Waals surface area contributed by atoms with E-state index < -0.39 is 5.41 Å². The van der Waals surface area contributed by atoms with E-state index in [4.69, 9.17) is 0 Å². The number of aromatic nitrogens is 2. The van der Waals surface area contributed by atoms with Crippen molar-refractivity contribution in [3.05, 3.63) is 42.4 Å². The molecule has 0 fully saturated rings. The summed E-state index contributed by atoms with van der Waals surface area (Å²) in [4.78, 5) is 11.3. The molecule has 0 spiro atoms. The van der Waals surface area contributed by atoms with E-state index >= 15 is 0 Å². The molecule has 0 saturated heterocycles. The van der Waals surface area contributed by atoms with Crippen LogP contribution in [0.15, 0.2) is 42.4 Å². The van der Waals surface area contributed by atoms with Gasteiger partial charge in [0, 0.05) is 12.4 Å². The molecule has 0 amide bonds. The fourth-order valence-electron chi connectivity index (χ4n) is 1.72. The Morgan fingerprint density at radius 1 is 1.59 bits per heavy atom. The third-order valence-electron chi connectivity index (χ3n) is 2.92. The molecule has 91 valence electrons. The molecule has 4 heteroatoms. The number of hydrogen-bond donors (Lipinski definition) is 1. The molecule has 1 aliphatic carbocycles. The first-order valence-corrected chi connectivity index (χ1v) is 5.62. The minimum absolute atomic E-state index is 0.0432. The normalized spacial score (nSPS) is 22.4. The van der Waals surface area contributed by atoms with Crippen LogP contribution in [0.5, 0.6) is 0 Å². The second kappa shape index (κ2) is 6.03. The summed E-state index contributed by atoms with van der Waals surface area (Å²) in [5.74, 6) is 0.0426. The molecule has 1 unspecified atom stereocenters. The largest absolute Gasteiger partial charge is 0.299 e. The van der Waals surface area contributed by atoms with Gasteiger partial charge in [0.05, 0.1) is 5.41 Å². The monoisotopic (exact) mass is 233 g/mol. The molecule has 17 heavy (non-hydrogen) atoms. The lowest BCUT2D eigenvalue weighted by Gasteiger charge is -2.26. The standard InChI is InChI=1S/C10H13O2.C3H4N2/c1-3-10(8(2)11)6-4-5-9(12)7-10;1-2-4-5-3-1/h4-5,7H,3,6H2,1-2H3;1-3H,(H,4,5). The van der Waals surface area contributed by atoms with Gasteiger partial charge < -0.3 is 0 Å². The summed E-state index contributed by atoms with van der Waals surface area (Å²) in [7, 11) is 0. The van der Waals surface area contributed by atoms with Crippen LogP contribution in [0.1, 0.15) is 26.7 Å². The fraction of sp³-hybridized carbons (Fsp3) is 0.385. The number of carbonyl (C=O) groups is 1. The van der Waals surface area contributed by atoms with Crippen molar-refractivity contribution in [3.8, 4) is 0 Å². The van der Waals surface area contributed by atoms with Gasteiger partial charge in [-0.05, 0) is 38.0 Å². The van der Waals surface area contributed by atoms with E-state index in [9.17, 15) is 9.90 Å². The Morgan fingerprint density at radius 2 is 2.35 bits per heavy atom. The predicted octanol–water partition coefficient (Wildman–Crippen LogP) is 2.66. The van der Waals surface area contributed by atoms with Crippen molar-refractivity contribution in [1.29, 1.82) is 0 Å². The number of aromatic amines is 1. The highest BCUT2D eigenvalue weighted by molar-refractivity contribution is 5.85. The van der Waals surface area contributed by atoms with E-state index in [1.54, 1.807) is 31.5 Å². The lowest BCUT2D eigenvalue weighted by molar-refractivity contribution is -0.124. The maximum absolute atomic E-state index is 11.3. The summed E-state index contributed by atoms with van der Waals surface area (Å²) < 4.78 is 0. The predicted molar refractivity (Wildman–Crippen MR) is 64.5 cm³/mol. The SMILES string of the molecule is CCC1(C(C)=O)C=C([O])C=CC1.c1cn[nH]c1. The minimum Gasteiger partial charge on any atom is -0.299 e. The molecule has 1 radical (unpaired) electrons. The Hall–Kier alpha value is -1.84. The van der Waals surface area contributed by atoms with Crippen LogP contribution < -0.4 is 0 Å². The first-order valence-electron chi connectivity index (χ1n) is 5.62. The van der Waals surface area contributed by atoms with E-state index in [1.165, 1.54) is 6.08 Å². The van der Waals surface area contributed by atoms with Crippen LogP contribution in [0.25, 0.3) is 0 Å². The van der Waals surface area contributed by atoms with Gasteiger partial charge >= 0.3 is 0 Å². The molecule has 1 atom stereocenters. The molecule has 1 heterocycles. The lowest BCUT2D eigenvalue weighted by Crippen LogP contribution is -2.27. The maximum atomic E-state index is 11.3. The molecule has 1 N–H and O–H groups in total. The fourth-order valence-corrected chi connectivity index (χ4v) is 1.72. The summed E-state index contributed by atoms with van der Waals surface area (Å²) in [5.41, 5.74) is -0.508. The summed E-state index contributed by atoms with van der Waals surface area (Å²) in [6.45, 7) is 3.48. The van der Waals surface area contributed by atoms with Crippen molar-refractivity contribution in [1.82, 2.24) is 10.2 Å². The van der Waals surface area contributed by atoms with Gasteiger partial charge in [-0.2, -0.15) is 5.10 Å². The summed E-state index contributed by atoms with van der Waals surface area (Å²) >= 11 is 0. The van der Waals surface area contributed by atoms with Crippen molar-refractivity contribution in [3.63, 3.8) is 0 Å². The third kappa shape index (κ3) is 3.59. The van der Waals surface area contributed by atoms with Gasteiger partial charge in [0.15, 0.2) is 5.76 Å². The van der Waals surface area contributed by atoms with Crippen LogP contribution >= 0.6 is 0 Å². The van der Waals surface area contributed by atoms with Crippen molar-refractivity contribution in [2.45, 2.75) is 26.7 Å². The Morgan fingerprint density at radius 3 is 2.65 bits per heavy atom. The highest BCUT2D eigenvalue weighted by atomic mass is 16.3. The van der Waals surface area contributed by atoms with Crippen LogP contribution in [0.2, 0.25) is 0 Å². The Balaban J connectivity index is 0.000000239. The van der Waals surface area contributed by atoms with Gasteiger partial charge in [-0.15, -0.1) is 0 Å². The van der Waals surface area contributed by atoms with E-state index in [-0.39, 0.29) is 11.5 Å². The molecule has 1 aromatic rings. The molecule has 0 saturated carbocycles. The number of hydrogen-bond acceptors (Lipinski definition) is 2. The number of nitrogens with zero attached hydrogens (tertiary/aromatic N) is 1. The van der Waals surface area contributed by atoms with E-state index in [2.05, 4.69) is 10.2 Å². The smallest absolute Gasteiger partial charge is 0.175 e. The quantitative estimate of drug-likeness (QED) is 0.853. The molecule has 2 rings (SSSR count). The van der Waals surface area contributed by atoms with Gasteiger partial charge in [0.1, 0.15) is 5.78 Å². The Bertz CT molecular complexity index is 390. The second-order valence-corrected chi connectivity index (χ2v) is 3.99. The molecule has 4 nitrogen and oxygen atoms in total. The zero-order valence-corrected chi connectivity index (χ0v) is 10.1. The first kappa shape index (κ1) is 13.2. The number of allylic oxidation sites excluding steroid dienone is 3. The average molecular weight is 233 g/mol. The molecular weight excluding hydrogens is 216 g/mol. The Kier molecular flexibility index (Phi) is 4.69. The van der Waals surface area contributed by atoms with Gasteiger partial charge in [-0.1, -0.05) is 13.0 Å². The third-order valence-corrected chi connectivity index (χ3v) is 2.92. The number of H-pyrrole nitrogens is 1. The van der Waals surface area contributed by atoms with Crippen molar-refractivity contribution in [2.75, 3.05) is 0 Å². The number of nitrogens with one attached hydrogen (secondary N) is 1. The van der Waals surface area contributed by atoms with Crippen LogP contribution in [-0.2, 0) is 9.90 Å². The van der Waals surface area contributed by atoms with Crippen molar-refractivity contribution < 1.29 is 9.90 Å². The molecule has 0 aromatic carbocycles. The topological polar surface area (TPSA) is 65.7 Å². The van der Waals surface area contributed by atoms with Crippen LogP contribution in [0.3, 0.4) is 0 Å². The molecule has 1 aliphatic rings. The molecule has 0 bridgehead atoms. The van der Waals surface area contributed by atoms with Gasteiger partial charge in [-0.25, -0.2) is 0 Å². The minimum atomic E-state index is -0.508. The highest BCUT2D eigenvalue weighted by Crippen LogP contribution is 2.34. The van der Waals surface area contributed by atoms with E-state index in [1.807, 2.05) is 13.0 Å². The highest BCUT2D eigenvalue weighted by Gasteiger charge is 2.32. The van der Waals surface area contributed by atoms with Crippen LogP contribution in [-0.4, -0.2) is 16.0 Å². The number of Topliss-reactive ketones (excluding diaryl/α,β-unsaturated/α-hetero) is 1. The van der Waals surface area contributed by atoms with Crippen molar-refractivity contribution in [2.24, 2.45) is 5.41 Å². The van der Waals surface area contributed by atoms with E-state index in [0.717, 1.165) is 0 Å². The first-order chi connectivity index (χ1) is 8.10. The zero-order chi connectivity index (χ0) is 12.7. The maximum Gasteiger partial charge on any atom is 0.175 e. The zero-order valence-electron chi connectivity index (χ0n) is 10.1.